The summed E-state index contributed by atoms with van der Waals surface area (Å²) in [7, 11) is 0. The minimum atomic E-state index is -0.0613. The highest BCUT2D eigenvalue weighted by Gasteiger charge is 2.15. The van der Waals surface area contributed by atoms with Crippen molar-refractivity contribution in [2.24, 2.45) is 0 Å². The van der Waals surface area contributed by atoms with Gasteiger partial charge in [0.1, 0.15) is 0 Å². The molecule has 1 amide bonds. The minimum Gasteiger partial charge on any atom is -0.340 e. The molecule has 0 spiro atoms. The maximum Gasteiger partial charge on any atom is 0.250 e. The zero-order chi connectivity index (χ0) is 13.8. The van der Waals surface area contributed by atoms with Crippen LogP contribution in [0.2, 0.25) is 0 Å². The Morgan fingerprint density at radius 3 is 2.79 bits per heavy atom. The van der Waals surface area contributed by atoms with E-state index < -0.39 is 0 Å². The summed E-state index contributed by atoms with van der Waals surface area (Å²) in [6.07, 6.45) is 2.12. The number of hydrogen-bond donors (Lipinski definition) is 1. The molecule has 2 rings (SSSR count). The van der Waals surface area contributed by atoms with Crippen LogP contribution < -0.4 is 10.9 Å². The number of pyridine rings is 1. The number of aromatic nitrogens is 1. The number of carbonyl (C=O) groups is 1. The molecule has 2 heterocycles. The van der Waals surface area contributed by atoms with E-state index in [4.69, 9.17) is 0 Å². The van der Waals surface area contributed by atoms with Gasteiger partial charge in [-0.25, -0.2) is 0 Å². The van der Waals surface area contributed by atoms with Crippen molar-refractivity contribution >= 4 is 21.8 Å². The Morgan fingerprint density at radius 2 is 2.11 bits per heavy atom. The van der Waals surface area contributed by atoms with E-state index in [1.165, 1.54) is 0 Å². The fraction of sp³-hybridized carbons (Fsp3) is 0.538. The molecule has 19 heavy (non-hydrogen) atoms. The van der Waals surface area contributed by atoms with Gasteiger partial charge in [-0.15, -0.1) is 0 Å². The van der Waals surface area contributed by atoms with Gasteiger partial charge in [0.2, 0.25) is 5.91 Å². The van der Waals surface area contributed by atoms with Gasteiger partial charge in [0.15, 0.2) is 0 Å². The van der Waals surface area contributed by atoms with Gasteiger partial charge in [-0.1, -0.05) is 0 Å². The molecule has 104 valence electrons. The Kier molecular flexibility index (Phi) is 4.76. The van der Waals surface area contributed by atoms with Crippen molar-refractivity contribution in [3.63, 3.8) is 0 Å². The lowest BCUT2D eigenvalue weighted by molar-refractivity contribution is -0.132. The van der Waals surface area contributed by atoms with Crippen LogP contribution in [0.4, 0.5) is 0 Å². The quantitative estimate of drug-likeness (QED) is 0.891. The second kappa shape index (κ2) is 6.34. The van der Waals surface area contributed by atoms with Gasteiger partial charge >= 0.3 is 0 Å². The normalized spacial score (nSPS) is 15.6. The highest BCUT2D eigenvalue weighted by atomic mass is 79.9. The molecule has 0 aromatic carbocycles. The maximum absolute atomic E-state index is 12.0. The van der Waals surface area contributed by atoms with Crippen molar-refractivity contribution in [1.29, 1.82) is 0 Å². The van der Waals surface area contributed by atoms with Crippen LogP contribution in [0.5, 0.6) is 0 Å². The van der Waals surface area contributed by atoms with Crippen LogP contribution >= 0.6 is 15.9 Å². The van der Waals surface area contributed by atoms with Crippen molar-refractivity contribution < 1.29 is 4.79 Å². The molecule has 1 N–H and O–H groups in total. The highest BCUT2D eigenvalue weighted by Crippen LogP contribution is 2.12. The lowest BCUT2D eigenvalue weighted by Crippen LogP contribution is -2.46. The summed E-state index contributed by atoms with van der Waals surface area (Å²) in [5, 5.41) is 3.21. The summed E-state index contributed by atoms with van der Waals surface area (Å²) in [5.41, 5.74) is 0.850. The van der Waals surface area contributed by atoms with Gasteiger partial charge in [-0.05, 0) is 28.4 Å². The Labute approximate surface area is 120 Å². The number of nitrogens with zero attached hydrogens (tertiary/aromatic N) is 2. The molecule has 0 radical (unpaired) electrons. The van der Waals surface area contributed by atoms with Gasteiger partial charge in [0.05, 0.1) is 0 Å². The first-order chi connectivity index (χ1) is 9.08. The number of aryl methyl sites for hydroxylation is 2. The monoisotopic (exact) mass is 327 g/mol. The van der Waals surface area contributed by atoms with E-state index in [2.05, 4.69) is 21.2 Å². The van der Waals surface area contributed by atoms with Crippen molar-refractivity contribution in [3.8, 4) is 0 Å². The smallest absolute Gasteiger partial charge is 0.250 e. The second-order valence-corrected chi connectivity index (χ2v) is 5.57. The van der Waals surface area contributed by atoms with Crippen LogP contribution in [0.3, 0.4) is 0 Å². The molecule has 0 bridgehead atoms. The minimum absolute atomic E-state index is 0.0613. The van der Waals surface area contributed by atoms with Crippen LogP contribution in [0.1, 0.15) is 12.0 Å². The van der Waals surface area contributed by atoms with E-state index in [-0.39, 0.29) is 11.5 Å². The van der Waals surface area contributed by atoms with Crippen molar-refractivity contribution in [3.05, 3.63) is 32.7 Å². The lowest BCUT2D eigenvalue weighted by Gasteiger charge is -2.27. The van der Waals surface area contributed by atoms with Gasteiger partial charge in [-0.2, -0.15) is 0 Å². The van der Waals surface area contributed by atoms with Crippen LogP contribution in [0, 0.1) is 6.92 Å². The third-order valence-corrected chi connectivity index (χ3v) is 4.14. The summed E-state index contributed by atoms with van der Waals surface area (Å²) in [4.78, 5) is 25.6. The van der Waals surface area contributed by atoms with Gasteiger partial charge in [-0.3, -0.25) is 9.59 Å². The number of rotatable bonds is 3. The molecule has 6 heteroatoms. The van der Waals surface area contributed by atoms with Crippen LogP contribution in [0.25, 0.3) is 0 Å². The van der Waals surface area contributed by atoms with Crippen LogP contribution in [-0.4, -0.2) is 41.6 Å². The summed E-state index contributed by atoms with van der Waals surface area (Å²) in [5.74, 6) is 0.116. The highest BCUT2D eigenvalue weighted by molar-refractivity contribution is 9.10. The van der Waals surface area contributed by atoms with Crippen molar-refractivity contribution in [2.45, 2.75) is 19.9 Å². The molecule has 1 aromatic heterocycles. The number of piperazine rings is 1. The maximum atomic E-state index is 12.0. The Balaban J connectivity index is 1.96. The third kappa shape index (κ3) is 3.67. The summed E-state index contributed by atoms with van der Waals surface area (Å²) in [6, 6.07) is 1.58. The van der Waals surface area contributed by atoms with E-state index in [1.807, 2.05) is 11.8 Å². The first kappa shape index (κ1) is 14.3. The van der Waals surface area contributed by atoms with E-state index in [0.29, 0.717) is 13.0 Å². The van der Waals surface area contributed by atoms with E-state index in [9.17, 15) is 9.59 Å². The van der Waals surface area contributed by atoms with Crippen molar-refractivity contribution in [2.75, 3.05) is 26.2 Å². The summed E-state index contributed by atoms with van der Waals surface area (Å²) >= 11 is 3.40. The molecular formula is C13H18BrN3O2. The molecule has 0 saturated carbocycles. The molecule has 0 aliphatic carbocycles. The fourth-order valence-electron chi connectivity index (χ4n) is 2.10. The van der Waals surface area contributed by atoms with Crippen LogP contribution in [-0.2, 0) is 11.3 Å². The largest absolute Gasteiger partial charge is 0.340 e. The van der Waals surface area contributed by atoms with Gasteiger partial charge in [0.25, 0.3) is 5.56 Å². The second-order valence-electron chi connectivity index (χ2n) is 4.72. The SMILES string of the molecule is Cc1cc(=O)n(CCC(=O)N2CCNCC2)cc1Br. The van der Waals surface area contributed by atoms with Gasteiger partial charge < -0.3 is 14.8 Å². The first-order valence-corrected chi connectivity index (χ1v) is 7.22. The number of hydrogen-bond acceptors (Lipinski definition) is 3. The fourth-order valence-corrected chi connectivity index (χ4v) is 2.46. The van der Waals surface area contributed by atoms with Gasteiger partial charge in [0, 0.05) is 55.9 Å². The standard InChI is InChI=1S/C13H18BrN3O2/c1-10-8-13(19)17(9-11(10)14)5-2-12(18)16-6-3-15-4-7-16/h8-9,15H,2-7H2,1H3. The number of halogens is 1. The van der Waals surface area contributed by atoms with E-state index in [0.717, 1.165) is 36.2 Å². The Morgan fingerprint density at radius 1 is 1.42 bits per heavy atom. The molecule has 1 aliphatic rings. The predicted molar refractivity (Wildman–Crippen MR) is 77.2 cm³/mol. The van der Waals surface area contributed by atoms with Crippen molar-refractivity contribution in [1.82, 2.24) is 14.8 Å². The van der Waals surface area contributed by atoms with E-state index in [1.54, 1.807) is 16.8 Å². The average Bonchev–Trinajstić information content (AvgIpc) is 2.42. The molecule has 1 aliphatic heterocycles. The zero-order valence-corrected chi connectivity index (χ0v) is 12.6. The van der Waals surface area contributed by atoms with Crippen LogP contribution in [0.15, 0.2) is 21.5 Å². The Bertz CT molecular complexity index is 521. The molecular weight excluding hydrogens is 310 g/mol. The molecule has 1 saturated heterocycles. The molecule has 0 atom stereocenters. The number of nitrogens with one attached hydrogen (secondary N) is 1. The third-order valence-electron chi connectivity index (χ3n) is 3.31. The van der Waals surface area contributed by atoms with E-state index >= 15 is 0 Å². The molecule has 1 aromatic rings. The topological polar surface area (TPSA) is 54.3 Å². The zero-order valence-electron chi connectivity index (χ0n) is 11.0. The average molecular weight is 328 g/mol. The number of amides is 1. The Hall–Kier alpha value is -1.14. The summed E-state index contributed by atoms with van der Waals surface area (Å²) in [6.45, 7) is 5.52. The molecule has 0 unspecified atom stereocenters. The number of carbonyl (C=O) groups excluding carboxylic acids is 1. The summed E-state index contributed by atoms with van der Waals surface area (Å²) < 4.78 is 2.47. The lowest BCUT2D eigenvalue weighted by atomic mass is 10.2. The molecule has 5 nitrogen and oxygen atoms in total. The molecule has 1 fully saturated rings. The predicted octanol–water partition coefficient (Wildman–Crippen LogP) is 0.741. The first-order valence-electron chi connectivity index (χ1n) is 6.43.